The molecule has 0 radical (unpaired) electrons. The number of carbonyl (C=O) groups excluding carboxylic acids is 2. The molecule has 4 aromatic rings. The number of methoxy groups -OCH3 is 3. The number of carbonyl (C=O) groups is 2. The lowest BCUT2D eigenvalue weighted by Gasteiger charge is -2.34. The molecule has 13 heteroatoms. The lowest BCUT2D eigenvalue weighted by atomic mass is 10.2. The van der Waals surface area contributed by atoms with Gasteiger partial charge in [-0.05, 0) is 30.3 Å². The SMILES string of the molecule is C=CC(=O)N1CCN(C(=O)Cn2c(=O)c(Nc3cc(OC)c(OC)c(OC)c3)nc3ccc(Nc4ccccc4)nc32)CC1. The summed E-state index contributed by atoms with van der Waals surface area (Å²) in [5.74, 6) is 1.16. The highest BCUT2D eigenvalue weighted by molar-refractivity contribution is 5.87. The van der Waals surface area contributed by atoms with E-state index in [-0.39, 0.29) is 29.8 Å². The fourth-order valence-electron chi connectivity index (χ4n) is 4.92. The van der Waals surface area contributed by atoms with Gasteiger partial charge in [-0.15, -0.1) is 0 Å². The van der Waals surface area contributed by atoms with Crippen molar-refractivity contribution in [2.75, 3.05) is 58.1 Å². The fraction of sp³-hybridized carbons (Fsp3) is 0.258. The Balaban J connectivity index is 1.52. The molecule has 0 saturated carbocycles. The standard InChI is InChI=1S/C31H33N7O6/c1-5-26(39)36-13-15-37(16-14-36)27(40)19-38-30-22(11-12-25(35-30)32-20-9-7-6-8-10-20)34-29(31(38)41)33-21-17-23(42-2)28(44-4)24(18-21)43-3/h5-12,17-18H,1,13-16,19H2,2-4H3,(H,32,35)(H,33,34). The molecule has 44 heavy (non-hydrogen) atoms. The van der Waals surface area contributed by atoms with Gasteiger partial charge in [-0.2, -0.15) is 0 Å². The molecule has 0 spiro atoms. The lowest BCUT2D eigenvalue weighted by Crippen LogP contribution is -2.51. The number of fused-ring (bicyclic) bond motifs is 1. The van der Waals surface area contributed by atoms with E-state index in [0.717, 1.165) is 5.69 Å². The molecule has 0 atom stereocenters. The molecule has 1 aliphatic rings. The lowest BCUT2D eigenvalue weighted by molar-refractivity contribution is -0.137. The molecular formula is C31H33N7O6. The van der Waals surface area contributed by atoms with Gasteiger partial charge >= 0.3 is 0 Å². The third kappa shape index (κ3) is 6.26. The Hall–Kier alpha value is -5.59. The van der Waals surface area contributed by atoms with Crippen LogP contribution in [0.4, 0.5) is 23.0 Å². The van der Waals surface area contributed by atoms with Gasteiger partial charge in [-0.1, -0.05) is 24.8 Å². The summed E-state index contributed by atoms with van der Waals surface area (Å²) in [6.45, 7) is 4.67. The van der Waals surface area contributed by atoms with E-state index in [2.05, 4.69) is 27.2 Å². The molecule has 1 fully saturated rings. The summed E-state index contributed by atoms with van der Waals surface area (Å²) in [4.78, 5) is 51.9. The number of nitrogens with zero attached hydrogens (tertiary/aromatic N) is 5. The average Bonchev–Trinajstić information content (AvgIpc) is 3.06. The number of piperazine rings is 1. The molecule has 2 N–H and O–H groups in total. The zero-order valence-electron chi connectivity index (χ0n) is 24.7. The van der Waals surface area contributed by atoms with Gasteiger partial charge in [0.05, 0.1) is 21.3 Å². The predicted molar refractivity (Wildman–Crippen MR) is 166 cm³/mol. The van der Waals surface area contributed by atoms with Crippen LogP contribution in [0.5, 0.6) is 17.2 Å². The molecule has 2 amide bonds. The highest BCUT2D eigenvalue weighted by Crippen LogP contribution is 2.40. The zero-order valence-corrected chi connectivity index (χ0v) is 24.7. The van der Waals surface area contributed by atoms with Crippen molar-refractivity contribution in [3.8, 4) is 17.2 Å². The van der Waals surface area contributed by atoms with Crippen molar-refractivity contribution in [1.29, 1.82) is 0 Å². The normalized spacial score (nSPS) is 12.9. The van der Waals surface area contributed by atoms with E-state index in [9.17, 15) is 14.4 Å². The van der Waals surface area contributed by atoms with Crippen molar-refractivity contribution >= 4 is 46.0 Å². The molecule has 0 aliphatic carbocycles. The van der Waals surface area contributed by atoms with Crippen LogP contribution in [0.1, 0.15) is 0 Å². The maximum atomic E-state index is 13.9. The minimum atomic E-state index is -0.551. The van der Waals surface area contributed by atoms with E-state index in [1.165, 1.54) is 32.0 Å². The Bertz CT molecular complexity index is 1730. The molecule has 5 rings (SSSR count). The van der Waals surface area contributed by atoms with Crippen LogP contribution >= 0.6 is 0 Å². The van der Waals surface area contributed by atoms with Crippen LogP contribution in [0.2, 0.25) is 0 Å². The second-order valence-electron chi connectivity index (χ2n) is 9.83. The van der Waals surface area contributed by atoms with Crippen molar-refractivity contribution < 1.29 is 23.8 Å². The van der Waals surface area contributed by atoms with Crippen molar-refractivity contribution in [2.24, 2.45) is 0 Å². The Morgan fingerprint density at radius 1 is 0.864 bits per heavy atom. The van der Waals surface area contributed by atoms with Crippen molar-refractivity contribution in [3.05, 3.63) is 77.6 Å². The number of ether oxygens (including phenoxy) is 3. The number of rotatable bonds is 10. The molecule has 2 aromatic carbocycles. The number of pyridine rings is 1. The summed E-state index contributed by atoms with van der Waals surface area (Å²) in [5.41, 5.74) is 1.35. The minimum absolute atomic E-state index is 0.0217. The van der Waals surface area contributed by atoms with Crippen LogP contribution < -0.4 is 30.4 Å². The van der Waals surface area contributed by atoms with E-state index in [4.69, 9.17) is 14.2 Å². The molecule has 13 nitrogen and oxygen atoms in total. The first-order chi connectivity index (χ1) is 21.3. The van der Waals surface area contributed by atoms with E-state index < -0.39 is 5.56 Å². The van der Waals surface area contributed by atoms with Crippen LogP contribution in [0.15, 0.2) is 72.0 Å². The van der Waals surface area contributed by atoms with Crippen molar-refractivity contribution in [1.82, 2.24) is 24.3 Å². The molecule has 3 heterocycles. The number of amides is 2. The monoisotopic (exact) mass is 599 g/mol. The van der Waals surface area contributed by atoms with Gasteiger partial charge in [0.15, 0.2) is 23.0 Å². The highest BCUT2D eigenvalue weighted by Gasteiger charge is 2.25. The summed E-state index contributed by atoms with van der Waals surface area (Å²) in [6, 6.07) is 16.2. The van der Waals surface area contributed by atoms with E-state index >= 15 is 0 Å². The van der Waals surface area contributed by atoms with Crippen LogP contribution in [-0.2, 0) is 16.1 Å². The molecule has 0 unspecified atom stereocenters. The first kappa shape index (κ1) is 29.9. The van der Waals surface area contributed by atoms with Gasteiger partial charge in [0.25, 0.3) is 5.56 Å². The number of para-hydroxylation sites is 1. The Morgan fingerprint density at radius 3 is 2.14 bits per heavy atom. The predicted octanol–water partition coefficient (Wildman–Crippen LogP) is 3.16. The molecule has 1 saturated heterocycles. The Morgan fingerprint density at radius 2 is 1.52 bits per heavy atom. The van der Waals surface area contributed by atoms with Gasteiger partial charge < -0.3 is 34.6 Å². The summed E-state index contributed by atoms with van der Waals surface area (Å²) in [5, 5.41) is 6.28. The summed E-state index contributed by atoms with van der Waals surface area (Å²) in [7, 11) is 4.49. The van der Waals surface area contributed by atoms with E-state index in [0.29, 0.717) is 60.4 Å². The van der Waals surface area contributed by atoms with Crippen molar-refractivity contribution in [3.63, 3.8) is 0 Å². The van der Waals surface area contributed by atoms with E-state index in [1.54, 1.807) is 34.1 Å². The van der Waals surface area contributed by atoms with Gasteiger partial charge in [0.2, 0.25) is 17.6 Å². The van der Waals surface area contributed by atoms with Crippen LogP contribution in [0.3, 0.4) is 0 Å². The Labute approximate surface area is 253 Å². The van der Waals surface area contributed by atoms with Crippen LogP contribution in [-0.4, -0.2) is 83.7 Å². The second kappa shape index (κ2) is 13.2. The second-order valence-corrected chi connectivity index (χ2v) is 9.83. The third-order valence-electron chi connectivity index (χ3n) is 7.18. The van der Waals surface area contributed by atoms with Gasteiger partial charge in [-0.3, -0.25) is 19.0 Å². The van der Waals surface area contributed by atoms with Gasteiger partial charge in [0, 0.05) is 49.7 Å². The number of hydrogen-bond donors (Lipinski definition) is 2. The van der Waals surface area contributed by atoms with Crippen LogP contribution in [0.25, 0.3) is 11.2 Å². The summed E-state index contributed by atoms with van der Waals surface area (Å²) in [6.07, 6.45) is 1.26. The smallest absolute Gasteiger partial charge is 0.295 e. The fourth-order valence-corrected chi connectivity index (χ4v) is 4.92. The van der Waals surface area contributed by atoms with Crippen LogP contribution in [0, 0.1) is 0 Å². The zero-order chi connectivity index (χ0) is 31.2. The first-order valence-corrected chi connectivity index (χ1v) is 13.8. The molecule has 2 aromatic heterocycles. The number of benzene rings is 2. The minimum Gasteiger partial charge on any atom is -0.493 e. The first-order valence-electron chi connectivity index (χ1n) is 13.8. The number of anilines is 4. The molecular weight excluding hydrogens is 566 g/mol. The number of nitrogens with one attached hydrogen (secondary N) is 2. The van der Waals surface area contributed by atoms with Crippen molar-refractivity contribution in [2.45, 2.75) is 6.54 Å². The quantitative estimate of drug-likeness (QED) is 0.261. The largest absolute Gasteiger partial charge is 0.493 e. The average molecular weight is 600 g/mol. The highest BCUT2D eigenvalue weighted by atomic mass is 16.5. The topological polar surface area (TPSA) is 140 Å². The molecule has 0 bridgehead atoms. The number of hydrogen-bond acceptors (Lipinski definition) is 10. The Kier molecular flexibility index (Phi) is 8.93. The van der Waals surface area contributed by atoms with Gasteiger partial charge in [0.1, 0.15) is 17.9 Å². The van der Waals surface area contributed by atoms with E-state index in [1.807, 2.05) is 30.3 Å². The maximum absolute atomic E-state index is 13.9. The summed E-state index contributed by atoms with van der Waals surface area (Å²) >= 11 is 0. The number of aromatic nitrogens is 3. The third-order valence-corrected chi connectivity index (χ3v) is 7.18. The molecule has 228 valence electrons. The summed E-state index contributed by atoms with van der Waals surface area (Å²) < 4.78 is 17.6. The molecule has 1 aliphatic heterocycles. The van der Waals surface area contributed by atoms with Gasteiger partial charge in [-0.25, -0.2) is 9.97 Å². The maximum Gasteiger partial charge on any atom is 0.295 e.